The van der Waals surface area contributed by atoms with Gasteiger partial charge >= 0.3 is 0 Å². The molecule has 3 heteroatoms. The van der Waals surface area contributed by atoms with E-state index >= 15 is 0 Å². The largest absolute Gasteiger partial charge is 0.493 e. The Morgan fingerprint density at radius 3 is 2.45 bits per heavy atom. The highest BCUT2D eigenvalue weighted by Gasteiger charge is 2.23. The number of ether oxygens (including phenoxy) is 1. The Kier molecular flexibility index (Phi) is 7.03. The third-order valence-corrected chi connectivity index (χ3v) is 3.72. The highest BCUT2D eigenvalue weighted by atomic mass is 16.5. The van der Waals surface area contributed by atoms with E-state index in [2.05, 4.69) is 26.1 Å². The molecule has 0 radical (unpaired) electrons. The van der Waals surface area contributed by atoms with Gasteiger partial charge in [0.1, 0.15) is 5.75 Å². The fourth-order valence-electron chi connectivity index (χ4n) is 2.32. The molecule has 0 aliphatic rings. The lowest BCUT2D eigenvalue weighted by molar-refractivity contribution is 0.116. The minimum Gasteiger partial charge on any atom is -0.493 e. The molecule has 1 rings (SSSR count). The summed E-state index contributed by atoms with van der Waals surface area (Å²) in [6, 6.07) is 6.44. The van der Waals surface area contributed by atoms with Gasteiger partial charge in [-0.3, -0.25) is 0 Å². The third-order valence-electron chi connectivity index (χ3n) is 3.72. The molecule has 2 N–H and O–H groups in total. The van der Waals surface area contributed by atoms with E-state index in [1.807, 2.05) is 32.0 Å². The molecule has 114 valence electrons. The normalized spacial score (nSPS) is 15.7. The zero-order chi connectivity index (χ0) is 15.1. The van der Waals surface area contributed by atoms with Crippen LogP contribution in [0.5, 0.6) is 5.75 Å². The first-order valence-electron chi connectivity index (χ1n) is 7.70. The number of rotatable bonds is 8. The molecular formula is C17H29NO2. The monoisotopic (exact) mass is 279 g/mol. The maximum absolute atomic E-state index is 10.7. The van der Waals surface area contributed by atoms with Gasteiger partial charge in [-0.25, -0.2) is 0 Å². The fourth-order valence-corrected chi connectivity index (χ4v) is 2.32. The van der Waals surface area contributed by atoms with Crippen LogP contribution in [-0.4, -0.2) is 23.8 Å². The zero-order valence-electron chi connectivity index (χ0n) is 13.4. The lowest BCUT2D eigenvalue weighted by Crippen LogP contribution is -2.40. The molecule has 3 atom stereocenters. The second kappa shape index (κ2) is 8.28. The highest BCUT2D eigenvalue weighted by Crippen LogP contribution is 2.29. The summed E-state index contributed by atoms with van der Waals surface area (Å²) in [5, 5.41) is 14.2. The van der Waals surface area contributed by atoms with Crippen molar-refractivity contribution in [3.8, 4) is 5.75 Å². The number of benzene rings is 1. The minimum atomic E-state index is -0.546. The van der Waals surface area contributed by atoms with Crippen LogP contribution in [0.15, 0.2) is 18.2 Å². The standard InChI is InChI=1S/C17H29NO2/c1-6-13(5)18-15(7-2)17(19)14-11-12(4)9-10-16(14)20-8-3/h9-11,13,15,17-19H,6-8H2,1-5H3. The van der Waals surface area contributed by atoms with E-state index in [9.17, 15) is 5.11 Å². The molecule has 1 aromatic carbocycles. The summed E-state index contributed by atoms with van der Waals surface area (Å²) in [6.45, 7) is 11.0. The summed E-state index contributed by atoms with van der Waals surface area (Å²) in [5.41, 5.74) is 2.02. The summed E-state index contributed by atoms with van der Waals surface area (Å²) in [5.74, 6) is 0.787. The number of aliphatic hydroxyl groups excluding tert-OH is 1. The fraction of sp³-hybridized carbons (Fsp3) is 0.647. The van der Waals surface area contributed by atoms with E-state index in [1.165, 1.54) is 0 Å². The van der Waals surface area contributed by atoms with Crippen LogP contribution in [0.2, 0.25) is 0 Å². The van der Waals surface area contributed by atoms with Gasteiger partial charge in [-0.2, -0.15) is 0 Å². The van der Waals surface area contributed by atoms with E-state index < -0.39 is 6.10 Å². The molecule has 0 aromatic heterocycles. The van der Waals surface area contributed by atoms with Crippen LogP contribution in [0.4, 0.5) is 0 Å². The smallest absolute Gasteiger partial charge is 0.125 e. The summed E-state index contributed by atoms with van der Waals surface area (Å²) in [7, 11) is 0. The topological polar surface area (TPSA) is 41.5 Å². The maximum atomic E-state index is 10.7. The molecule has 0 heterocycles. The SMILES string of the molecule is CCOc1ccc(C)cc1C(O)C(CC)NC(C)CC. The second-order valence-electron chi connectivity index (χ2n) is 5.41. The Morgan fingerprint density at radius 2 is 1.90 bits per heavy atom. The number of aliphatic hydroxyl groups is 1. The van der Waals surface area contributed by atoms with Crippen LogP contribution in [-0.2, 0) is 0 Å². The number of hydrogen-bond acceptors (Lipinski definition) is 3. The second-order valence-corrected chi connectivity index (χ2v) is 5.41. The molecule has 0 saturated carbocycles. The summed E-state index contributed by atoms with van der Waals surface area (Å²) >= 11 is 0. The Labute approximate surface area is 123 Å². The van der Waals surface area contributed by atoms with E-state index in [-0.39, 0.29) is 6.04 Å². The Bertz CT molecular complexity index is 406. The molecule has 20 heavy (non-hydrogen) atoms. The van der Waals surface area contributed by atoms with Crippen molar-refractivity contribution in [1.29, 1.82) is 0 Å². The highest BCUT2D eigenvalue weighted by molar-refractivity contribution is 5.39. The Hall–Kier alpha value is -1.06. The van der Waals surface area contributed by atoms with Gasteiger partial charge in [-0.15, -0.1) is 0 Å². The van der Waals surface area contributed by atoms with Crippen molar-refractivity contribution in [2.75, 3.05) is 6.61 Å². The first kappa shape index (κ1) is 17.0. The molecule has 0 aliphatic carbocycles. The van der Waals surface area contributed by atoms with Gasteiger partial charge in [0, 0.05) is 17.6 Å². The van der Waals surface area contributed by atoms with Crippen LogP contribution in [0.1, 0.15) is 57.8 Å². The zero-order valence-corrected chi connectivity index (χ0v) is 13.4. The molecule has 3 unspecified atom stereocenters. The Balaban J connectivity index is 2.98. The van der Waals surface area contributed by atoms with Crippen LogP contribution < -0.4 is 10.1 Å². The van der Waals surface area contributed by atoms with Gasteiger partial charge in [-0.05, 0) is 45.7 Å². The van der Waals surface area contributed by atoms with Gasteiger partial charge in [0.25, 0.3) is 0 Å². The van der Waals surface area contributed by atoms with Gasteiger partial charge in [0.2, 0.25) is 0 Å². The molecule has 0 aliphatic heterocycles. The van der Waals surface area contributed by atoms with Crippen molar-refractivity contribution >= 4 is 0 Å². The van der Waals surface area contributed by atoms with Gasteiger partial charge in [0.15, 0.2) is 0 Å². The van der Waals surface area contributed by atoms with E-state index in [0.29, 0.717) is 12.6 Å². The average molecular weight is 279 g/mol. The first-order valence-corrected chi connectivity index (χ1v) is 7.70. The quantitative estimate of drug-likeness (QED) is 0.764. The molecule has 3 nitrogen and oxygen atoms in total. The number of hydrogen-bond donors (Lipinski definition) is 2. The Morgan fingerprint density at radius 1 is 1.20 bits per heavy atom. The molecule has 0 saturated heterocycles. The van der Waals surface area contributed by atoms with Crippen LogP contribution in [0, 0.1) is 6.92 Å². The van der Waals surface area contributed by atoms with Crippen molar-refractivity contribution in [3.05, 3.63) is 29.3 Å². The summed E-state index contributed by atoms with van der Waals surface area (Å²) < 4.78 is 5.65. The molecule has 0 fully saturated rings. The molecular weight excluding hydrogens is 250 g/mol. The predicted molar refractivity (Wildman–Crippen MR) is 84.3 cm³/mol. The lowest BCUT2D eigenvalue weighted by atomic mass is 9.97. The van der Waals surface area contributed by atoms with E-state index in [1.54, 1.807) is 0 Å². The van der Waals surface area contributed by atoms with Crippen molar-refractivity contribution < 1.29 is 9.84 Å². The summed E-state index contributed by atoms with van der Waals surface area (Å²) in [4.78, 5) is 0. The predicted octanol–water partition coefficient (Wildman–Crippen LogP) is 3.59. The molecule has 0 amide bonds. The van der Waals surface area contributed by atoms with Crippen LogP contribution in [0.3, 0.4) is 0 Å². The number of nitrogens with one attached hydrogen (secondary N) is 1. The maximum Gasteiger partial charge on any atom is 0.125 e. The van der Waals surface area contributed by atoms with Crippen molar-refractivity contribution in [3.63, 3.8) is 0 Å². The van der Waals surface area contributed by atoms with Crippen molar-refractivity contribution in [2.45, 2.75) is 65.6 Å². The van der Waals surface area contributed by atoms with Gasteiger partial charge in [-0.1, -0.05) is 25.5 Å². The lowest BCUT2D eigenvalue weighted by Gasteiger charge is -2.28. The minimum absolute atomic E-state index is 0.0472. The molecule has 0 spiro atoms. The average Bonchev–Trinajstić information content (AvgIpc) is 2.45. The van der Waals surface area contributed by atoms with Crippen molar-refractivity contribution in [1.82, 2.24) is 5.32 Å². The van der Waals surface area contributed by atoms with E-state index in [0.717, 1.165) is 29.7 Å². The van der Waals surface area contributed by atoms with Crippen LogP contribution in [0.25, 0.3) is 0 Å². The van der Waals surface area contributed by atoms with Crippen molar-refractivity contribution in [2.24, 2.45) is 0 Å². The molecule has 0 bridgehead atoms. The third kappa shape index (κ3) is 4.50. The first-order chi connectivity index (χ1) is 9.53. The number of aryl methyl sites for hydroxylation is 1. The van der Waals surface area contributed by atoms with Crippen LogP contribution >= 0.6 is 0 Å². The van der Waals surface area contributed by atoms with E-state index in [4.69, 9.17) is 4.74 Å². The van der Waals surface area contributed by atoms with Gasteiger partial charge < -0.3 is 15.2 Å². The molecule has 1 aromatic rings. The summed E-state index contributed by atoms with van der Waals surface area (Å²) in [6.07, 6.45) is 1.39. The van der Waals surface area contributed by atoms with Gasteiger partial charge in [0.05, 0.1) is 12.7 Å².